The van der Waals surface area contributed by atoms with Crippen LogP contribution in [0.1, 0.15) is 24.7 Å². The monoisotopic (exact) mass is 238 g/mol. The average molecular weight is 238 g/mol. The van der Waals surface area contributed by atoms with Crippen molar-refractivity contribution in [2.24, 2.45) is 0 Å². The number of hydrogen-bond donors (Lipinski definition) is 2. The lowest BCUT2D eigenvalue weighted by Crippen LogP contribution is -2.37. The molecule has 17 heavy (non-hydrogen) atoms. The van der Waals surface area contributed by atoms with Crippen molar-refractivity contribution in [1.29, 1.82) is 0 Å². The van der Waals surface area contributed by atoms with Crippen molar-refractivity contribution < 1.29 is 15.0 Å². The highest BCUT2D eigenvalue weighted by Gasteiger charge is 2.21. The van der Waals surface area contributed by atoms with E-state index in [2.05, 4.69) is 4.98 Å². The Morgan fingerprint density at radius 3 is 2.71 bits per heavy atom. The fourth-order valence-corrected chi connectivity index (χ4v) is 1.74. The SMILES string of the molecule is CCC(C(=O)O)N(C)Cc1nc(C)ccc1O. The van der Waals surface area contributed by atoms with E-state index in [4.69, 9.17) is 5.11 Å². The number of carboxylic acid groups (broad SMARTS) is 1. The molecule has 0 spiro atoms. The predicted octanol–water partition coefficient (Wildman–Crippen LogP) is 1.39. The molecule has 94 valence electrons. The van der Waals surface area contributed by atoms with Crippen molar-refractivity contribution in [3.05, 3.63) is 23.5 Å². The van der Waals surface area contributed by atoms with Gasteiger partial charge < -0.3 is 10.2 Å². The van der Waals surface area contributed by atoms with Crippen molar-refractivity contribution in [1.82, 2.24) is 9.88 Å². The molecule has 0 aliphatic heterocycles. The predicted molar refractivity (Wildman–Crippen MR) is 63.8 cm³/mol. The molecule has 0 amide bonds. The van der Waals surface area contributed by atoms with E-state index in [1.165, 1.54) is 0 Å². The third-order valence-electron chi connectivity index (χ3n) is 2.69. The fourth-order valence-electron chi connectivity index (χ4n) is 1.74. The zero-order valence-electron chi connectivity index (χ0n) is 10.3. The molecule has 0 bridgehead atoms. The summed E-state index contributed by atoms with van der Waals surface area (Å²) < 4.78 is 0. The van der Waals surface area contributed by atoms with Gasteiger partial charge in [0.05, 0.1) is 5.69 Å². The number of carboxylic acids is 1. The van der Waals surface area contributed by atoms with Crippen molar-refractivity contribution in [2.75, 3.05) is 7.05 Å². The van der Waals surface area contributed by atoms with Gasteiger partial charge in [-0.1, -0.05) is 6.92 Å². The van der Waals surface area contributed by atoms with E-state index in [1.807, 2.05) is 13.8 Å². The molecule has 2 N–H and O–H groups in total. The third-order valence-corrected chi connectivity index (χ3v) is 2.69. The van der Waals surface area contributed by atoms with E-state index >= 15 is 0 Å². The van der Waals surface area contributed by atoms with Crippen molar-refractivity contribution >= 4 is 5.97 Å². The van der Waals surface area contributed by atoms with Gasteiger partial charge in [-0.3, -0.25) is 14.7 Å². The normalized spacial score (nSPS) is 12.7. The van der Waals surface area contributed by atoms with Crippen LogP contribution in [0.15, 0.2) is 12.1 Å². The summed E-state index contributed by atoms with van der Waals surface area (Å²) in [5.41, 5.74) is 1.31. The lowest BCUT2D eigenvalue weighted by Gasteiger charge is -2.23. The third kappa shape index (κ3) is 3.42. The van der Waals surface area contributed by atoms with Crippen LogP contribution in [0.5, 0.6) is 5.75 Å². The first-order valence-electron chi connectivity index (χ1n) is 5.54. The van der Waals surface area contributed by atoms with Crippen LogP contribution in [0.2, 0.25) is 0 Å². The number of pyridine rings is 1. The van der Waals surface area contributed by atoms with E-state index < -0.39 is 12.0 Å². The maximum absolute atomic E-state index is 11.0. The topological polar surface area (TPSA) is 73.7 Å². The van der Waals surface area contributed by atoms with Gasteiger partial charge in [-0.05, 0) is 32.5 Å². The molecule has 0 aromatic carbocycles. The van der Waals surface area contributed by atoms with Gasteiger partial charge in [0.15, 0.2) is 0 Å². The number of hydrogen-bond acceptors (Lipinski definition) is 4. The van der Waals surface area contributed by atoms with Crippen LogP contribution in [-0.4, -0.2) is 39.2 Å². The lowest BCUT2D eigenvalue weighted by atomic mass is 10.2. The Bertz CT molecular complexity index is 407. The molecule has 1 aromatic heterocycles. The highest BCUT2D eigenvalue weighted by atomic mass is 16.4. The molecule has 5 nitrogen and oxygen atoms in total. The molecular formula is C12H18N2O3. The Morgan fingerprint density at radius 2 is 2.18 bits per heavy atom. The summed E-state index contributed by atoms with van der Waals surface area (Å²) >= 11 is 0. The number of aromatic nitrogens is 1. The second-order valence-electron chi connectivity index (χ2n) is 4.10. The van der Waals surface area contributed by atoms with Gasteiger partial charge in [-0.2, -0.15) is 0 Å². The Balaban J connectivity index is 2.83. The number of aryl methyl sites for hydroxylation is 1. The largest absolute Gasteiger partial charge is 0.506 e. The Hall–Kier alpha value is -1.62. The van der Waals surface area contributed by atoms with E-state index in [1.54, 1.807) is 24.1 Å². The summed E-state index contributed by atoms with van der Waals surface area (Å²) in [6.07, 6.45) is 0.512. The minimum Gasteiger partial charge on any atom is -0.506 e. The number of carbonyl (C=O) groups is 1. The quantitative estimate of drug-likeness (QED) is 0.811. The first-order chi connectivity index (χ1) is 7.95. The molecule has 1 rings (SSSR count). The second kappa shape index (κ2) is 5.63. The Labute approximate surface area is 101 Å². The van der Waals surface area contributed by atoms with Crippen LogP contribution >= 0.6 is 0 Å². The maximum Gasteiger partial charge on any atom is 0.320 e. The molecule has 0 radical (unpaired) electrons. The van der Waals surface area contributed by atoms with Gasteiger partial charge in [0.25, 0.3) is 0 Å². The lowest BCUT2D eigenvalue weighted by molar-refractivity contribution is -0.143. The minimum atomic E-state index is -0.859. The summed E-state index contributed by atoms with van der Waals surface area (Å²) in [6, 6.07) is 2.73. The highest BCUT2D eigenvalue weighted by Crippen LogP contribution is 2.17. The summed E-state index contributed by atoms with van der Waals surface area (Å²) in [5, 5.41) is 18.7. The van der Waals surface area contributed by atoms with Crippen LogP contribution in [0.4, 0.5) is 0 Å². The molecular weight excluding hydrogens is 220 g/mol. The molecule has 0 aliphatic carbocycles. The average Bonchev–Trinajstić information content (AvgIpc) is 2.24. The van der Waals surface area contributed by atoms with Crippen LogP contribution in [0, 0.1) is 6.92 Å². The summed E-state index contributed by atoms with van der Waals surface area (Å²) in [6.45, 7) is 3.97. The molecule has 1 heterocycles. The molecule has 0 aliphatic rings. The molecule has 0 fully saturated rings. The fraction of sp³-hybridized carbons (Fsp3) is 0.500. The van der Waals surface area contributed by atoms with Gasteiger partial charge in [-0.25, -0.2) is 0 Å². The summed E-state index contributed by atoms with van der Waals surface area (Å²) in [7, 11) is 1.71. The standard InChI is InChI=1S/C12H18N2O3/c1-4-10(12(16)17)14(3)7-9-11(15)6-5-8(2)13-9/h5-6,10,15H,4,7H2,1-3H3,(H,16,17). The molecule has 0 saturated carbocycles. The van der Waals surface area contributed by atoms with Crippen molar-refractivity contribution in [3.63, 3.8) is 0 Å². The van der Waals surface area contributed by atoms with Crippen LogP contribution in [0.25, 0.3) is 0 Å². The summed E-state index contributed by atoms with van der Waals surface area (Å²) in [4.78, 5) is 16.9. The molecule has 5 heteroatoms. The molecule has 0 saturated heterocycles. The first-order valence-corrected chi connectivity index (χ1v) is 5.54. The van der Waals surface area contributed by atoms with Gasteiger partial charge in [-0.15, -0.1) is 0 Å². The van der Waals surface area contributed by atoms with E-state index in [0.29, 0.717) is 18.7 Å². The van der Waals surface area contributed by atoms with Gasteiger partial charge in [0.1, 0.15) is 11.8 Å². The second-order valence-corrected chi connectivity index (χ2v) is 4.10. The summed E-state index contributed by atoms with van der Waals surface area (Å²) in [5.74, 6) is -0.759. The van der Waals surface area contributed by atoms with Gasteiger partial charge >= 0.3 is 5.97 Å². The Kier molecular flexibility index (Phi) is 4.45. The zero-order valence-corrected chi connectivity index (χ0v) is 10.3. The van der Waals surface area contributed by atoms with E-state index in [9.17, 15) is 9.90 Å². The highest BCUT2D eigenvalue weighted by molar-refractivity contribution is 5.73. The number of likely N-dealkylation sites (N-methyl/N-ethyl adjacent to an activating group) is 1. The van der Waals surface area contributed by atoms with E-state index in [0.717, 1.165) is 5.69 Å². The van der Waals surface area contributed by atoms with Crippen molar-refractivity contribution in [3.8, 4) is 5.75 Å². The van der Waals surface area contributed by atoms with Crippen LogP contribution in [0.3, 0.4) is 0 Å². The van der Waals surface area contributed by atoms with Gasteiger partial charge in [0.2, 0.25) is 0 Å². The van der Waals surface area contributed by atoms with Gasteiger partial charge in [0, 0.05) is 12.2 Å². The van der Waals surface area contributed by atoms with Crippen molar-refractivity contribution in [2.45, 2.75) is 32.9 Å². The number of rotatable bonds is 5. The number of aliphatic carboxylic acids is 1. The zero-order chi connectivity index (χ0) is 13.0. The number of aromatic hydroxyl groups is 1. The smallest absolute Gasteiger partial charge is 0.320 e. The van der Waals surface area contributed by atoms with E-state index in [-0.39, 0.29) is 5.75 Å². The van der Waals surface area contributed by atoms with Crippen LogP contribution < -0.4 is 0 Å². The minimum absolute atomic E-state index is 0.0997. The molecule has 1 atom stereocenters. The molecule has 1 aromatic rings. The van der Waals surface area contributed by atoms with Crippen LogP contribution in [-0.2, 0) is 11.3 Å². The maximum atomic E-state index is 11.0. The first kappa shape index (κ1) is 13.4. The Morgan fingerprint density at radius 1 is 1.53 bits per heavy atom. The molecule has 1 unspecified atom stereocenters. The number of nitrogens with zero attached hydrogens (tertiary/aromatic N) is 2.